The Morgan fingerprint density at radius 1 is 1.25 bits per heavy atom. The molecule has 2 amide bonds. The third-order valence-corrected chi connectivity index (χ3v) is 4.12. The Labute approximate surface area is 140 Å². The average Bonchev–Trinajstić information content (AvgIpc) is 2.61. The summed E-state index contributed by atoms with van der Waals surface area (Å²) in [6.45, 7) is 0.851. The fourth-order valence-electron chi connectivity index (χ4n) is 2.91. The van der Waals surface area contributed by atoms with Crippen molar-refractivity contribution in [1.29, 1.82) is 0 Å². The van der Waals surface area contributed by atoms with Crippen molar-refractivity contribution in [1.82, 2.24) is 19.4 Å². The second kappa shape index (κ2) is 6.35. The van der Waals surface area contributed by atoms with Crippen LogP contribution in [-0.4, -0.2) is 53.1 Å². The Kier molecular flexibility index (Phi) is 4.24. The first kappa shape index (κ1) is 16.0. The number of hydrogen-bond acceptors (Lipinski definition) is 4. The Bertz CT molecular complexity index is 814. The number of hydrogen-bond donors (Lipinski definition) is 1. The van der Waals surface area contributed by atoms with Gasteiger partial charge in [-0.25, -0.2) is 14.3 Å². The Morgan fingerprint density at radius 3 is 2.58 bits per heavy atom. The number of para-hydroxylation sites is 1. The molecule has 2 heterocycles. The molecule has 1 aliphatic heterocycles. The van der Waals surface area contributed by atoms with E-state index in [1.54, 1.807) is 30.6 Å². The van der Waals surface area contributed by atoms with Crippen LogP contribution < -0.4 is 10.9 Å². The average molecular weight is 327 g/mol. The summed E-state index contributed by atoms with van der Waals surface area (Å²) in [7, 11) is 5.17. The summed E-state index contributed by atoms with van der Waals surface area (Å²) in [5.41, 5.74) is 1.96. The van der Waals surface area contributed by atoms with Gasteiger partial charge in [0.25, 0.3) is 5.56 Å². The predicted molar refractivity (Wildman–Crippen MR) is 92.6 cm³/mol. The van der Waals surface area contributed by atoms with Crippen LogP contribution in [0.4, 0.5) is 10.7 Å². The van der Waals surface area contributed by atoms with Gasteiger partial charge in [-0.15, -0.1) is 0 Å². The summed E-state index contributed by atoms with van der Waals surface area (Å²) >= 11 is 0. The zero-order chi connectivity index (χ0) is 17.3. The number of carbonyl (C=O) groups excluding carboxylic acids is 1. The van der Waals surface area contributed by atoms with Crippen LogP contribution in [0.1, 0.15) is 11.3 Å². The van der Waals surface area contributed by atoms with Crippen LogP contribution in [0.25, 0.3) is 5.69 Å². The molecule has 0 aliphatic carbocycles. The summed E-state index contributed by atoms with van der Waals surface area (Å²) in [5.74, 6) is 0.511. The van der Waals surface area contributed by atoms with Gasteiger partial charge in [0.15, 0.2) is 0 Å². The number of nitrogens with zero attached hydrogens (tertiary/aromatic N) is 4. The standard InChI is InChI=1S/C17H21N5O2/c1-18-16-19-14-9-10-21(17(24)20(2)3)11-13(14)15(23)22(16)12-7-5-4-6-8-12/h4-8H,9-11H2,1-3H3,(H,18,19). The molecule has 0 spiro atoms. The Balaban J connectivity index is 2.10. The fourth-order valence-corrected chi connectivity index (χ4v) is 2.91. The maximum Gasteiger partial charge on any atom is 0.319 e. The van der Waals surface area contributed by atoms with Gasteiger partial charge in [0.05, 0.1) is 23.5 Å². The first-order valence-electron chi connectivity index (χ1n) is 7.87. The maximum absolute atomic E-state index is 13.1. The number of anilines is 1. The highest BCUT2D eigenvalue weighted by molar-refractivity contribution is 5.74. The van der Waals surface area contributed by atoms with Crippen molar-refractivity contribution >= 4 is 12.0 Å². The van der Waals surface area contributed by atoms with Crippen molar-refractivity contribution in [2.24, 2.45) is 0 Å². The lowest BCUT2D eigenvalue weighted by Crippen LogP contribution is -2.45. The minimum absolute atomic E-state index is 0.0935. The number of urea groups is 1. The second-order valence-electron chi connectivity index (χ2n) is 5.94. The van der Waals surface area contributed by atoms with Crippen LogP contribution in [-0.2, 0) is 13.0 Å². The zero-order valence-electron chi connectivity index (χ0n) is 14.1. The van der Waals surface area contributed by atoms with E-state index in [9.17, 15) is 9.59 Å². The van der Waals surface area contributed by atoms with Crippen LogP contribution in [0, 0.1) is 0 Å². The fraction of sp³-hybridized carbons (Fsp3) is 0.353. The molecule has 2 aromatic rings. The van der Waals surface area contributed by atoms with E-state index in [2.05, 4.69) is 10.3 Å². The molecule has 1 aromatic heterocycles. The lowest BCUT2D eigenvalue weighted by atomic mass is 10.1. The quantitative estimate of drug-likeness (QED) is 0.903. The third-order valence-electron chi connectivity index (χ3n) is 4.12. The first-order valence-corrected chi connectivity index (χ1v) is 7.87. The molecule has 3 rings (SSSR count). The van der Waals surface area contributed by atoms with E-state index in [0.29, 0.717) is 24.5 Å². The Hall–Kier alpha value is -2.83. The number of fused-ring (bicyclic) bond motifs is 1. The van der Waals surface area contributed by atoms with Gasteiger partial charge in [0.2, 0.25) is 5.95 Å². The molecule has 0 fully saturated rings. The van der Waals surface area contributed by atoms with Crippen molar-refractivity contribution in [2.45, 2.75) is 13.0 Å². The van der Waals surface area contributed by atoms with Crippen LogP contribution in [0.5, 0.6) is 0 Å². The highest BCUT2D eigenvalue weighted by atomic mass is 16.2. The summed E-state index contributed by atoms with van der Waals surface area (Å²) < 4.78 is 1.56. The van der Waals surface area contributed by atoms with Gasteiger partial charge in [-0.05, 0) is 12.1 Å². The van der Waals surface area contributed by atoms with Gasteiger partial charge >= 0.3 is 6.03 Å². The lowest BCUT2D eigenvalue weighted by Gasteiger charge is -2.30. The second-order valence-corrected chi connectivity index (χ2v) is 5.94. The smallest absolute Gasteiger partial charge is 0.319 e. The number of carbonyl (C=O) groups is 1. The van der Waals surface area contributed by atoms with Gasteiger partial charge in [0.1, 0.15) is 0 Å². The number of nitrogens with one attached hydrogen (secondary N) is 1. The number of rotatable bonds is 2. The van der Waals surface area contributed by atoms with E-state index in [0.717, 1.165) is 11.4 Å². The molecule has 1 N–H and O–H groups in total. The van der Waals surface area contributed by atoms with Crippen LogP contribution in [0.2, 0.25) is 0 Å². The van der Waals surface area contributed by atoms with Gasteiger partial charge in [-0.1, -0.05) is 18.2 Å². The zero-order valence-corrected chi connectivity index (χ0v) is 14.1. The summed E-state index contributed by atoms with van der Waals surface area (Å²) in [4.78, 5) is 33.1. The van der Waals surface area contributed by atoms with Gasteiger partial charge in [0, 0.05) is 34.1 Å². The summed E-state index contributed by atoms with van der Waals surface area (Å²) in [5, 5.41) is 3.00. The predicted octanol–water partition coefficient (Wildman–Crippen LogP) is 1.31. The van der Waals surface area contributed by atoms with Gasteiger partial charge in [-0.2, -0.15) is 0 Å². The van der Waals surface area contributed by atoms with Crippen molar-refractivity contribution in [3.63, 3.8) is 0 Å². The van der Waals surface area contributed by atoms with Crippen molar-refractivity contribution < 1.29 is 4.79 Å². The highest BCUT2D eigenvalue weighted by Gasteiger charge is 2.27. The molecule has 0 saturated carbocycles. The summed E-state index contributed by atoms with van der Waals surface area (Å²) in [6, 6.07) is 9.29. The largest absolute Gasteiger partial charge is 0.358 e. The molecule has 7 heteroatoms. The van der Waals surface area contributed by atoms with Gasteiger partial charge < -0.3 is 15.1 Å². The van der Waals surface area contributed by atoms with Crippen molar-refractivity contribution in [2.75, 3.05) is 33.0 Å². The molecule has 1 aliphatic rings. The molecular formula is C17H21N5O2. The number of amides is 2. The monoisotopic (exact) mass is 327 g/mol. The molecule has 0 saturated heterocycles. The van der Waals surface area contributed by atoms with E-state index >= 15 is 0 Å². The minimum Gasteiger partial charge on any atom is -0.358 e. The first-order chi connectivity index (χ1) is 11.5. The van der Waals surface area contributed by atoms with Crippen LogP contribution in [0.15, 0.2) is 35.1 Å². The van der Waals surface area contributed by atoms with Gasteiger partial charge in [-0.3, -0.25) is 4.79 Å². The molecule has 126 valence electrons. The molecule has 7 nitrogen and oxygen atoms in total. The molecule has 0 unspecified atom stereocenters. The maximum atomic E-state index is 13.1. The van der Waals surface area contributed by atoms with E-state index in [4.69, 9.17) is 0 Å². The Morgan fingerprint density at radius 2 is 1.96 bits per heavy atom. The summed E-state index contributed by atoms with van der Waals surface area (Å²) in [6.07, 6.45) is 0.578. The molecule has 24 heavy (non-hydrogen) atoms. The molecule has 0 radical (unpaired) electrons. The molecule has 0 atom stereocenters. The van der Waals surface area contributed by atoms with E-state index in [1.165, 1.54) is 4.90 Å². The van der Waals surface area contributed by atoms with Crippen molar-refractivity contribution in [3.05, 3.63) is 51.9 Å². The van der Waals surface area contributed by atoms with E-state index < -0.39 is 0 Å². The third kappa shape index (κ3) is 2.73. The highest BCUT2D eigenvalue weighted by Crippen LogP contribution is 2.19. The molecular weight excluding hydrogens is 306 g/mol. The lowest BCUT2D eigenvalue weighted by molar-refractivity contribution is 0.165. The molecule has 0 bridgehead atoms. The number of benzene rings is 1. The number of aromatic nitrogens is 2. The van der Waals surface area contributed by atoms with E-state index in [1.807, 2.05) is 30.3 Å². The van der Waals surface area contributed by atoms with Crippen LogP contribution >= 0.6 is 0 Å². The van der Waals surface area contributed by atoms with Crippen molar-refractivity contribution in [3.8, 4) is 5.69 Å². The van der Waals surface area contributed by atoms with E-state index in [-0.39, 0.29) is 18.1 Å². The topological polar surface area (TPSA) is 70.5 Å². The molecule has 1 aromatic carbocycles. The van der Waals surface area contributed by atoms with Crippen LogP contribution in [0.3, 0.4) is 0 Å². The minimum atomic E-state index is -0.133. The SMILES string of the molecule is CNc1nc2c(c(=O)n1-c1ccccc1)CN(C(=O)N(C)C)CC2. The normalized spacial score (nSPS) is 13.4.